The van der Waals surface area contributed by atoms with E-state index < -0.39 is 0 Å². The van der Waals surface area contributed by atoms with E-state index in [1.54, 1.807) is 0 Å². The highest BCUT2D eigenvalue weighted by molar-refractivity contribution is 7.77. The number of thiol groups is 1. The highest BCUT2D eigenvalue weighted by atomic mass is 32.1. The highest BCUT2D eigenvalue weighted by Gasteiger charge is 2.02. The first kappa shape index (κ1) is 12.3. The Kier molecular flexibility index (Phi) is 6.96. The molecule has 0 aliphatic carbocycles. The molecule has 0 bridgehead atoms. The van der Waals surface area contributed by atoms with Crippen LogP contribution in [0, 0.1) is 11.8 Å². The molecule has 0 amide bonds. The predicted octanol–water partition coefficient (Wildman–Crippen LogP) is 3.23. The molecule has 74 valence electrons. The maximum Gasteiger partial charge on any atom is 0.00894 e. The second-order valence-corrected chi connectivity index (χ2v) is 4.88. The molecule has 0 N–H and O–H groups in total. The Labute approximate surface area is 83.1 Å². The Morgan fingerprint density at radius 2 is 1.25 bits per heavy atom. The number of nitrogens with zero attached hydrogens (tertiary/aromatic N) is 1. The summed E-state index contributed by atoms with van der Waals surface area (Å²) in [5.41, 5.74) is 0. The molecule has 0 saturated carbocycles. The smallest absolute Gasteiger partial charge is 0.00894 e. The lowest BCUT2D eigenvalue weighted by Crippen LogP contribution is -2.17. The largest absolute Gasteiger partial charge is 0.253 e. The second-order valence-electron chi connectivity index (χ2n) is 4.32. The van der Waals surface area contributed by atoms with E-state index in [9.17, 15) is 0 Å². The maximum atomic E-state index is 4.41. The van der Waals surface area contributed by atoms with E-state index in [0.29, 0.717) is 0 Å². The molecular formula is C10H23NS. The average Bonchev–Trinajstić information content (AvgIpc) is 1.96. The van der Waals surface area contributed by atoms with Crippen LogP contribution in [0.3, 0.4) is 0 Å². The summed E-state index contributed by atoms with van der Waals surface area (Å²) < 4.78 is 2.14. The first-order valence-corrected chi connectivity index (χ1v) is 5.36. The summed E-state index contributed by atoms with van der Waals surface area (Å²) in [6, 6.07) is 0. The van der Waals surface area contributed by atoms with Crippen molar-refractivity contribution < 1.29 is 0 Å². The van der Waals surface area contributed by atoms with Crippen molar-refractivity contribution in [2.75, 3.05) is 13.1 Å². The van der Waals surface area contributed by atoms with Crippen molar-refractivity contribution in [2.24, 2.45) is 11.8 Å². The van der Waals surface area contributed by atoms with Crippen LogP contribution in [-0.2, 0) is 0 Å². The summed E-state index contributed by atoms with van der Waals surface area (Å²) in [7, 11) is 0. The molecule has 0 aromatic heterocycles. The molecule has 12 heavy (non-hydrogen) atoms. The Morgan fingerprint density at radius 1 is 0.917 bits per heavy atom. The van der Waals surface area contributed by atoms with Crippen LogP contribution in [0.1, 0.15) is 40.5 Å². The van der Waals surface area contributed by atoms with Gasteiger partial charge in [0.1, 0.15) is 0 Å². The zero-order valence-electron chi connectivity index (χ0n) is 8.88. The lowest BCUT2D eigenvalue weighted by atomic mass is 10.1. The van der Waals surface area contributed by atoms with Crippen molar-refractivity contribution in [3.05, 3.63) is 0 Å². The Morgan fingerprint density at radius 3 is 1.50 bits per heavy atom. The second kappa shape index (κ2) is 6.79. The predicted molar refractivity (Wildman–Crippen MR) is 59.5 cm³/mol. The van der Waals surface area contributed by atoms with Gasteiger partial charge >= 0.3 is 0 Å². The number of rotatable bonds is 6. The topological polar surface area (TPSA) is 3.24 Å². The summed E-state index contributed by atoms with van der Waals surface area (Å²) in [6.45, 7) is 11.3. The van der Waals surface area contributed by atoms with Gasteiger partial charge in [-0.25, -0.2) is 0 Å². The van der Waals surface area contributed by atoms with E-state index in [1.165, 1.54) is 12.8 Å². The molecule has 0 radical (unpaired) electrons. The monoisotopic (exact) mass is 189 g/mol. The van der Waals surface area contributed by atoms with E-state index in [2.05, 4.69) is 44.8 Å². The number of hydrogen-bond donors (Lipinski definition) is 1. The third-order valence-corrected chi connectivity index (χ3v) is 2.33. The molecule has 0 unspecified atom stereocenters. The third kappa shape index (κ3) is 8.41. The fraction of sp³-hybridized carbons (Fsp3) is 1.00. The molecule has 1 nitrogen and oxygen atoms in total. The van der Waals surface area contributed by atoms with Crippen LogP contribution in [0.5, 0.6) is 0 Å². The molecule has 0 spiro atoms. The SMILES string of the molecule is CC(C)CCN(S)CCC(C)C. The first-order valence-electron chi connectivity index (χ1n) is 4.96. The van der Waals surface area contributed by atoms with Gasteiger partial charge in [-0.05, 0) is 24.7 Å². The molecule has 0 aromatic rings. The van der Waals surface area contributed by atoms with E-state index in [4.69, 9.17) is 0 Å². The van der Waals surface area contributed by atoms with Crippen LogP contribution >= 0.6 is 12.8 Å². The summed E-state index contributed by atoms with van der Waals surface area (Å²) in [4.78, 5) is 0. The first-order chi connectivity index (χ1) is 5.52. The van der Waals surface area contributed by atoms with E-state index in [0.717, 1.165) is 24.9 Å². The summed E-state index contributed by atoms with van der Waals surface area (Å²) in [5.74, 6) is 1.58. The van der Waals surface area contributed by atoms with Crippen LogP contribution in [0.2, 0.25) is 0 Å². The van der Waals surface area contributed by atoms with Crippen LogP contribution in [-0.4, -0.2) is 17.4 Å². The van der Waals surface area contributed by atoms with Gasteiger partial charge in [-0.1, -0.05) is 40.5 Å². The zero-order valence-corrected chi connectivity index (χ0v) is 9.77. The van der Waals surface area contributed by atoms with Gasteiger partial charge in [-0.3, -0.25) is 4.31 Å². The van der Waals surface area contributed by atoms with Crippen LogP contribution in [0.25, 0.3) is 0 Å². The highest BCUT2D eigenvalue weighted by Crippen LogP contribution is 2.07. The van der Waals surface area contributed by atoms with Crippen molar-refractivity contribution in [3.63, 3.8) is 0 Å². The van der Waals surface area contributed by atoms with E-state index >= 15 is 0 Å². The van der Waals surface area contributed by atoms with Gasteiger partial charge in [-0.15, -0.1) is 0 Å². The quantitative estimate of drug-likeness (QED) is 0.628. The minimum absolute atomic E-state index is 0.790. The fourth-order valence-corrected chi connectivity index (χ4v) is 1.16. The van der Waals surface area contributed by atoms with Crippen LogP contribution in [0.15, 0.2) is 0 Å². The van der Waals surface area contributed by atoms with Crippen LogP contribution in [0.4, 0.5) is 0 Å². The fourth-order valence-electron chi connectivity index (χ4n) is 0.926. The van der Waals surface area contributed by atoms with Crippen molar-refractivity contribution in [2.45, 2.75) is 40.5 Å². The molecule has 0 aliphatic heterocycles. The Hall–Kier alpha value is 0.310. The average molecular weight is 189 g/mol. The Balaban J connectivity index is 3.27. The summed E-state index contributed by atoms with van der Waals surface area (Å²) in [6.07, 6.45) is 2.50. The lowest BCUT2D eigenvalue weighted by Gasteiger charge is -2.17. The van der Waals surface area contributed by atoms with Gasteiger partial charge in [0, 0.05) is 13.1 Å². The van der Waals surface area contributed by atoms with E-state index in [-0.39, 0.29) is 0 Å². The molecule has 0 atom stereocenters. The standard InChI is InChI=1S/C10H23NS/c1-9(2)5-7-11(12)8-6-10(3)4/h9-10,12H,5-8H2,1-4H3. The number of hydrogen-bond acceptors (Lipinski definition) is 2. The Bertz CT molecular complexity index is 90.0. The molecule has 2 heteroatoms. The van der Waals surface area contributed by atoms with Crippen molar-refractivity contribution in [1.82, 2.24) is 4.31 Å². The maximum absolute atomic E-state index is 4.41. The van der Waals surface area contributed by atoms with Gasteiger partial charge in [-0.2, -0.15) is 0 Å². The van der Waals surface area contributed by atoms with Crippen molar-refractivity contribution >= 4 is 12.8 Å². The minimum atomic E-state index is 0.790. The van der Waals surface area contributed by atoms with Gasteiger partial charge in [0.2, 0.25) is 0 Å². The summed E-state index contributed by atoms with van der Waals surface area (Å²) >= 11 is 4.41. The molecule has 0 rings (SSSR count). The van der Waals surface area contributed by atoms with Gasteiger partial charge in [0.05, 0.1) is 0 Å². The molecule has 0 fully saturated rings. The lowest BCUT2D eigenvalue weighted by molar-refractivity contribution is 0.392. The minimum Gasteiger partial charge on any atom is -0.253 e. The molecule has 0 aromatic carbocycles. The van der Waals surface area contributed by atoms with Crippen molar-refractivity contribution in [1.29, 1.82) is 0 Å². The summed E-state index contributed by atoms with van der Waals surface area (Å²) in [5, 5.41) is 0. The molecule has 0 aliphatic rings. The normalized spacial score (nSPS) is 12.0. The van der Waals surface area contributed by atoms with Gasteiger partial charge < -0.3 is 0 Å². The third-order valence-electron chi connectivity index (χ3n) is 1.93. The zero-order chi connectivity index (χ0) is 9.56. The van der Waals surface area contributed by atoms with E-state index in [1.807, 2.05) is 0 Å². The van der Waals surface area contributed by atoms with Gasteiger partial charge in [0.25, 0.3) is 0 Å². The molecule has 0 heterocycles. The molecule has 0 saturated heterocycles. The van der Waals surface area contributed by atoms with Crippen LogP contribution < -0.4 is 0 Å². The van der Waals surface area contributed by atoms with Gasteiger partial charge in [0.15, 0.2) is 0 Å². The van der Waals surface area contributed by atoms with Crippen molar-refractivity contribution in [3.8, 4) is 0 Å². The molecular weight excluding hydrogens is 166 g/mol.